The van der Waals surface area contributed by atoms with Gasteiger partial charge in [0, 0.05) is 19.1 Å². The van der Waals surface area contributed by atoms with E-state index in [2.05, 4.69) is 17.0 Å². The van der Waals surface area contributed by atoms with Crippen LogP contribution in [0.2, 0.25) is 0 Å². The molecule has 5 heteroatoms. The molecule has 0 heterocycles. The summed E-state index contributed by atoms with van der Waals surface area (Å²) in [6.07, 6.45) is 4.69. The first-order chi connectivity index (χ1) is 9.88. The van der Waals surface area contributed by atoms with Gasteiger partial charge in [0.25, 0.3) is 0 Å². The maximum atomic E-state index is 12.5. The first-order valence-corrected chi connectivity index (χ1v) is 9.19. The minimum Gasteiger partial charge on any atom is -0.310 e. The monoisotopic (exact) mass is 308 g/mol. The fourth-order valence-electron chi connectivity index (χ4n) is 2.33. The van der Waals surface area contributed by atoms with E-state index in [4.69, 9.17) is 0 Å². The third kappa shape index (κ3) is 3.84. The van der Waals surface area contributed by atoms with Crippen LogP contribution >= 0.6 is 0 Å². The van der Waals surface area contributed by atoms with Gasteiger partial charge in [0.05, 0.1) is 4.90 Å². The third-order valence-corrected chi connectivity index (χ3v) is 6.05. The van der Waals surface area contributed by atoms with Gasteiger partial charge in [-0.15, -0.1) is 0 Å². The van der Waals surface area contributed by atoms with Gasteiger partial charge in [0.15, 0.2) is 0 Å². The summed E-state index contributed by atoms with van der Waals surface area (Å²) in [6, 6.07) is 6.34. The number of sulfonamides is 1. The van der Waals surface area contributed by atoms with Crippen LogP contribution in [0.25, 0.3) is 0 Å². The average Bonchev–Trinajstić information content (AvgIpc) is 3.34. The van der Waals surface area contributed by atoms with Crippen molar-refractivity contribution in [1.29, 1.82) is 0 Å². The van der Waals surface area contributed by atoms with Crippen LogP contribution in [0.5, 0.6) is 0 Å². The molecule has 0 atom stereocenters. The maximum absolute atomic E-state index is 12.5. The van der Waals surface area contributed by atoms with Gasteiger partial charge < -0.3 is 5.32 Å². The highest BCUT2D eigenvalue weighted by Gasteiger charge is 2.38. The predicted octanol–water partition coefficient (Wildman–Crippen LogP) is 2.33. The molecule has 21 heavy (non-hydrogen) atoms. The highest BCUT2D eigenvalue weighted by Crippen LogP contribution is 2.44. The Kier molecular flexibility index (Phi) is 3.84. The molecule has 1 aromatic carbocycles. The first-order valence-electron chi connectivity index (χ1n) is 7.71. The van der Waals surface area contributed by atoms with Crippen LogP contribution in [-0.2, 0) is 16.6 Å². The lowest BCUT2D eigenvalue weighted by Crippen LogP contribution is -2.29. The summed E-state index contributed by atoms with van der Waals surface area (Å²) in [7, 11) is -3.41. The van der Waals surface area contributed by atoms with Crippen LogP contribution in [0.15, 0.2) is 23.1 Å². The predicted molar refractivity (Wildman–Crippen MR) is 83.6 cm³/mol. The molecule has 0 aliphatic heterocycles. The topological polar surface area (TPSA) is 58.2 Å². The number of benzene rings is 1. The lowest BCUT2D eigenvalue weighted by atomic mass is 10.1. The minimum absolute atomic E-state index is 0.173. The Morgan fingerprint density at radius 2 is 2.00 bits per heavy atom. The molecule has 0 radical (unpaired) electrons. The number of hydrogen-bond acceptors (Lipinski definition) is 3. The molecule has 116 valence electrons. The van der Waals surface area contributed by atoms with Crippen LogP contribution in [0.1, 0.15) is 43.7 Å². The lowest BCUT2D eigenvalue weighted by molar-refractivity contribution is 0.530. The van der Waals surface area contributed by atoms with Gasteiger partial charge in [-0.25, -0.2) is 13.1 Å². The molecule has 4 nitrogen and oxygen atoms in total. The van der Waals surface area contributed by atoms with E-state index in [1.54, 1.807) is 0 Å². The fourth-order valence-corrected chi connectivity index (χ4v) is 3.82. The molecule has 0 unspecified atom stereocenters. The first kappa shape index (κ1) is 15.0. The van der Waals surface area contributed by atoms with Crippen molar-refractivity contribution < 1.29 is 8.42 Å². The molecule has 0 saturated heterocycles. The van der Waals surface area contributed by atoms with Gasteiger partial charge in [-0.3, -0.25) is 0 Å². The number of aryl methyl sites for hydroxylation is 1. The van der Waals surface area contributed by atoms with Crippen molar-refractivity contribution in [1.82, 2.24) is 10.0 Å². The van der Waals surface area contributed by atoms with Crippen molar-refractivity contribution in [2.45, 2.75) is 57.0 Å². The van der Waals surface area contributed by atoms with E-state index in [1.807, 2.05) is 25.1 Å². The summed E-state index contributed by atoms with van der Waals surface area (Å²) < 4.78 is 27.8. The quantitative estimate of drug-likeness (QED) is 0.813. The Hall–Kier alpha value is -0.910. The second kappa shape index (κ2) is 5.38. The summed E-state index contributed by atoms with van der Waals surface area (Å²) in [5.41, 5.74) is 2.01. The standard InChI is InChI=1S/C16H24N2O2S/c1-12-3-4-13(10-17-14-5-6-14)9-15(12)21(19,20)18-11-16(2)7-8-16/h3-4,9,14,17-18H,5-8,10-11H2,1-2H3. The van der Waals surface area contributed by atoms with Crippen molar-refractivity contribution >= 4 is 10.0 Å². The maximum Gasteiger partial charge on any atom is 0.240 e. The van der Waals surface area contributed by atoms with Crippen molar-refractivity contribution in [2.24, 2.45) is 5.41 Å². The van der Waals surface area contributed by atoms with E-state index in [1.165, 1.54) is 12.8 Å². The second-order valence-corrected chi connectivity index (χ2v) is 8.63. The highest BCUT2D eigenvalue weighted by molar-refractivity contribution is 7.89. The van der Waals surface area contributed by atoms with Crippen LogP contribution in [0.3, 0.4) is 0 Å². The Labute approximate surface area is 127 Å². The van der Waals surface area contributed by atoms with Gasteiger partial charge in [0.1, 0.15) is 0 Å². The molecule has 2 N–H and O–H groups in total. The molecular formula is C16H24N2O2S. The third-order valence-electron chi connectivity index (χ3n) is 4.51. The Morgan fingerprint density at radius 3 is 2.62 bits per heavy atom. The minimum atomic E-state index is -3.41. The van der Waals surface area contributed by atoms with Gasteiger partial charge in [-0.1, -0.05) is 19.1 Å². The molecule has 2 aliphatic carbocycles. The van der Waals surface area contributed by atoms with Crippen LogP contribution in [-0.4, -0.2) is 21.0 Å². The van der Waals surface area contributed by atoms with Crippen molar-refractivity contribution in [2.75, 3.05) is 6.54 Å². The Balaban J connectivity index is 1.73. The smallest absolute Gasteiger partial charge is 0.240 e. The summed E-state index contributed by atoms with van der Waals surface area (Å²) in [5.74, 6) is 0. The van der Waals surface area contributed by atoms with Gasteiger partial charge in [-0.05, 0) is 55.2 Å². The SMILES string of the molecule is Cc1ccc(CNC2CC2)cc1S(=O)(=O)NCC1(C)CC1. The molecule has 1 aromatic rings. The average molecular weight is 308 g/mol. The van der Waals surface area contributed by atoms with E-state index in [-0.39, 0.29) is 5.41 Å². The van der Waals surface area contributed by atoms with Crippen molar-refractivity contribution in [3.63, 3.8) is 0 Å². The molecular weight excluding hydrogens is 284 g/mol. The molecule has 0 aromatic heterocycles. The van der Waals surface area contributed by atoms with Crippen molar-refractivity contribution in [3.05, 3.63) is 29.3 Å². The zero-order valence-corrected chi connectivity index (χ0v) is 13.6. The molecule has 0 bridgehead atoms. The molecule has 2 fully saturated rings. The van der Waals surface area contributed by atoms with Crippen molar-refractivity contribution in [3.8, 4) is 0 Å². The zero-order chi connectivity index (χ0) is 15.1. The Morgan fingerprint density at radius 1 is 1.29 bits per heavy atom. The van der Waals surface area contributed by atoms with Gasteiger partial charge in [0.2, 0.25) is 10.0 Å². The number of nitrogens with one attached hydrogen (secondary N) is 2. The largest absolute Gasteiger partial charge is 0.310 e. The van der Waals surface area contributed by atoms with Crippen LogP contribution in [0.4, 0.5) is 0 Å². The summed E-state index contributed by atoms with van der Waals surface area (Å²) >= 11 is 0. The van der Waals surface area contributed by atoms with E-state index in [0.717, 1.165) is 30.5 Å². The van der Waals surface area contributed by atoms with Gasteiger partial charge >= 0.3 is 0 Å². The Bertz CT molecular complexity index is 632. The zero-order valence-electron chi connectivity index (χ0n) is 12.8. The number of hydrogen-bond donors (Lipinski definition) is 2. The molecule has 0 spiro atoms. The van der Waals surface area contributed by atoms with E-state index < -0.39 is 10.0 Å². The van der Waals surface area contributed by atoms with E-state index in [0.29, 0.717) is 17.5 Å². The summed E-state index contributed by atoms with van der Waals surface area (Å²) in [5, 5.41) is 3.42. The highest BCUT2D eigenvalue weighted by atomic mass is 32.2. The van der Waals surface area contributed by atoms with E-state index in [9.17, 15) is 8.42 Å². The lowest BCUT2D eigenvalue weighted by Gasteiger charge is -2.14. The van der Waals surface area contributed by atoms with Crippen LogP contribution < -0.4 is 10.0 Å². The fraction of sp³-hybridized carbons (Fsp3) is 0.625. The molecule has 3 rings (SSSR count). The van der Waals surface area contributed by atoms with Crippen LogP contribution in [0, 0.1) is 12.3 Å². The van der Waals surface area contributed by atoms with Gasteiger partial charge in [-0.2, -0.15) is 0 Å². The molecule has 0 amide bonds. The molecule has 2 aliphatic rings. The molecule has 2 saturated carbocycles. The summed E-state index contributed by atoms with van der Waals surface area (Å²) in [4.78, 5) is 0.418. The van der Waals surface area contributed by atoms with E-state index >= 15 is 0 Å². The number of rotatable bonds is 7. The normalized spacial score (nSPS) is 20.5. The summed E-state index contributed by atoms with van der Waals surface area (Å²) in [6.45, 7) is 5.26. The second-order valence-electron chi connectivity index (χ2n) is 6.89.